The number of nitrogens with one attached hydrogen (secondary N) is 1. The zero-order valence-electron chi connectivity index (χ0n) is 11.1. The molecule has 4 heteroatoms. The highest BCUT2D eigenvalue weighted by molar-refractivity contribution is 5.87. The lowest BCUT2D eigenvalue weighted by molar-refractivity contribution is -0.0000194. The van der Waals surface area contributed by atoms with Crippen LogP contribution in [0.15, 0.2) is 54.6 Å². The summed E-state index contributed by atoms with van der Waals surface area (Å²) >= 11 is 0. The summed E-state index contributed by atoms with van der Waals surface area (Å²) in [6.45, 7) is 1.66. The molecule has 2 aromatic carbocycles. The monoisotopic (exact) mass is 290 g/mol. The number of rotatable bonds is 6. The minimum Gasteiger partial charge on any atom is -1.00 e. The van der Waals surface area contributed by atoms with Crippen LogP contribution in [0.2, 0.25) is 0 Å². The fourth-order valence-corrected chi connectivity index (χ4v) is 1.88. The van der Waals surface area contributed by atoms with Crippen LogP contribution >= 0.6 is 0 Å². The summed E-state index contributed by atoms with van der Waals surface area (Å²) in [6.07, 6.45) is 0.994. The van der Waals surface area contributed by atoms with Crippen LogP contribution in [-0.4, -0.2) is 17.6 Å². The Morgan fingerprint density at radius 1 is 0.950 bits per heavy atom. The fourth-order valence-electron chi connectivity index (χ4n) is 1.88. The van der Waals surface area contributed by atoms with E-state index in [1.807, 2.05) is 30.3 Å². The van der Waals surface area contributed by atoms with E-state index in [1.54, 1.807) is 12.1 Å². The van der Waals surface area contributed by atoms with Crippen molar-refractivity contribution in [3.63, 3.8) is 0 Å². The Labute approximate surface area is 125 Å². The fraction of sp³-hybridized carbons (Fsp3) is 0.188. The normalized spacial score (nSPS) is 9.80. The van der Waals surface area contributed by atoms with E-state index in [0.29, 0.717) is 5.56 Å². The number of aromatic carboxylic acids is 1. The van der Waals surface area contributed by atoms with E-state index in [0.717, 1.165) is 25.1 Å². The van der Waals surface area contributed by atoms with Gasteiger partial charge in [0.2, 0.25) is 0 Å². The first-order valence-electron chi connectivity index (χ1n) is 6.32. The molecule has 3 nitrogen and oxygen atoms in total. The Hall–Kier alpha value is -1.84. The van der Waals surface area contributed by atoms with E-state index >= 15 is 0 Å². The van der Waals surface area contributed by atoms with Crippen LogP contribution in [0.4, 0.5) is 0 Å². The number of carboxylic acid groups (broad SMARTS) is 1. The minimum absolute atomic E-state index is 0. The molecular formula is C16H17ClNO2-. The highest BCUT2D eigenvalue weighted by Crippen LogP contribution is 2.04. The molecule has 2 aromatic rings. The van der Waals surface area contributed by atoms with Gasteiger partial charge in [-0.3, -0.25) is 0 Å². The lowest BCUT2D eigenvalue weighted by atomic mass is 10.1. The van der Waals surface area contributed by atoms with Crippen molar-refractivity contribution in [2.45, 2.75) is 13.0 Å². The number of carbonyl (C=O) groups is 1. The summed E-state index contributed by atoms with van der Waals surface area (Å²) in [7, 11) is 0. The second-order valence-corrected chi connectivity index (χ2v) is 4.41. The van der Waals surface area contributed by atoms with Crippen molar-refractivity contribution in [1.29, 1.82) is 0 Å². The maximum absolute atomic E-state index is 10.7. The van der Waals surface area contributed by atoms with Gasteiger partial charge in [0.15, 0.2) is 0 Å². The van der Waals surface area contributed by atoms with Crippen LogP contribution in [-0.2, 0) is 13.0 Å². The molecule has 20 heavy (non-hydrogen) atoms. The molecule has 0 saturated heterocycles. The summed E-state index contributed by atoms with van der Waals surface area (Å²) in [5.41, 5.74) is 2.74. The second-order valence-electron chi connectivity index (χ2n) is 4.41. The smallest absolute Gasteiger partial charge is 0.335 e. The molecule has 2 rings (SSSR count). The van der Waals surface area contributed by atoms with Gasteiger partial charge in [-0.05, 0) is 36.2 Å². The quantitative estimate of drug-likeness (QED) is 0.720. The van der Waals surface area contributed by atoms with Crippen LogP contribution in [0.1, 0.15) is 21.5 Å². The summed E-state index contributed by atoms with van der Waals surface area (Å²) < 4.78 is 0. The molecule has 0 aliphatic carbocycles. The molecule has 0 aliphatic heterocycles. The van der Waals surface area contributed by atoms with E-state index < -0.39 is 5.97 Å². The number of benzene rings is 2. The molecule has 0 spiro atoms. The van der Waals surface area contributed by atoms with Gasteiger partial charge < -0.3 is 22.8 Å². The van der Waals surface area contributed by atoms with Crippen molar-refractivity contribution in [1.82, 2.24) is 5.32 Å². The van der Waals surface area contributed by atoms with E-state index in [4.69, 9.17) is 5.11 Å². The van der Waals surface area contributed by atoms with Gasteiger partial charge in [0.1, 0.15) is 0 Å². The lowest BCUT2D eigenvalue weighted by Gasteiger charge is -2.05. The Morgan fingerprint density at radius 2 is 1.60 bits per heavy atom. The molecule has 2 N–H and O–H groups in total. The second kappa shape index (κ2) is 8.35. The van der Waals surface area contributed by atoms with Crippen LogP contribution in [0.5, 0.6) is 0 Å². The average Bonchev–Trinajstić information content (AvgIpc) is 2.45. The summed E-state index contributed by atoms with van der Waals surface area (Å²) in [5, 5.41) is 12.2. The topological polar surface area (TPSA) is 49.3 Å². The summed E-state index contributed by atoms with van der Waals surface area (Å²) in [6, 6.07) is 17.3. The predicted molar refractivity (Wildman–Crippen MR) is 75.3 cm³/mol. The molecule has 106 valence electrons. The molecule has 0 heterocycles. The third kappa shape index (κ3) is 5.03. The Bertz CT molecular complexity index is 526. The predicted octanol–water partition coefficient (Wildman–Crippen LogP) is -0.279. The largest absolute Gasteiger partial charge is 1.00 e. The van der Waals surface area contributed by atoms with Gasteiger partial charge >= 0.3 is 5.97 Å². The van der Waals surface area contributed by atoms with Crippen molar-refractivity contribution < 1.29 is 22.3 Å². The van der Waals surface area contributed by atoms with Crippen LogP contribution in [0.25, 0.3) is 0 Å². The van der Waals surface area contributed by atoms with Crippen LogP contribution in [0.3, 0.4) is 0 Å². The number of hydrogen-bond donors (Lipinski definition) is 2. The molecule has 0 radical (unpaired) electrons. The first-order chi connectivity index (χ1) is 9.25. The van der Waals surface area contributed by atoms with Gasteiger partial charge in [-0.15, -0.1) is 0 Å². The van der Waals surface area contributed by atoms with Crippen molar-refractivity contribution in [3.8, 4) is 0 Å². The summed E-state index contributed by atoms with van der Waals surface area (Å²) in [5.74, 6) is -0.886. The Balaban J connectivity index is 0.00000200. The molecule has 0 atom stereocenters. The Morgan fingerprint density at radius 3 is 2.20 bits per heavy atom. The molecular weight excluding hydrogens is 274 g/mol. The maximum atomic E-state index is 10.7. The highest BCUT2D eigenvalue weighted by Gasteiger charge is 2.01. The first kappa shape index (κ1) is 16.2. The molecule has 0 saturated carbocycles. The van der Waals surface area contributed by atoms with Crippen molar-refractivity contribution in [3.05, 3.63) is 71.3 Å². The lowest BCUT2D eigenvalue weighted by Crippen LogP contribution is -3.00. The maximum Gasteiger partial charge on any atom is 0.335 e. The number of carboxylic acids is 1. The van der Waals surface area contributed by atoms with Crippen molar-refractivity contribution in [2.24, 2.45) is 0 Å². The van der Waals surface area contributed by atoms with Gasteiger partial charge in [-0.1, -0.05) is 42.5 Å². The van der Waals surface area contributed by atoms with Crippen molar-refractivity contribution in [2.75, 3.05) is 6.54 Å². The molecule has 0 bridgehead atoms. The number of hydrogen-bond acceptors (Lipinski definition) is 2. The van der Waals surface area contributed by atoms with Gasteiger partial charge in [0.05, 0.1) is 5.56 Å². The van der Waals surface area contributed by atoms with E-state index in [1.165, 1.54) is 5.56 Å². The van der Waals surface area contributed by atoms with Crippen LogP contribution in [0, 0.1) is 0 Å². The first-order valence-corrected chi connectivity index (χ1v) is 6.32. The van der Waals surface area contributed by atoms with Gasteiger partial charge in [0.25, 0.3) is 0 Å². The summed E-state index contributed by atoms with van der Waals surface area (Å²) in [4.78, 5) is 10.7. The number of halogens is 1. The minimum atomic E-state index is -0.886. The molecule has 0 amide bonds. The highest BCUT2D eigenvalue weighted by atomic mass is 35.5. The van der Waals surface area contributed by atoms with E-state index in [-0.39, 0.29) is 12.4 Å². The standard InChI is InChI=1S/C16H17NO2.ClH/c18-16(19)15-8-6-14(7-9-15)12-17-11-10-13-4-2-1-3-5-13;/h1-9,17H,10-12H2,(H,18,19);1H/p-1. The van der Waals surface area contributed by atoms with Crippen LogP contribution < -0.4 is 17.7 Å². The van der Waals surface area contributed by atoms with Gasteiger partial charge in [0, 0.05) is 6.54 Å². The van der Waals surface area contributed by atoms with E-state index in [9.17, 15) is 4.79 Å². The molecule has 0 aromatic heterocycles. The SMILES string of the molecule is O=C(O)c1ccc(CNCCc2ccccc2)cc1.[Cl-]. The third-order valence-corrected chi connectivity index (χ3v) is 2.96. The van der Waals surface area contributed by atoms with Crippen molar-refractivity contribution >= 4 is 5.97 Å². The molecule has 0 unspecified atom stereocenters. The Kier molecular flexibility index (Phi) is 6.77. The third-order valence-electron chi connectivity index (χ3n) is 2.96. The molecule has 0 fully saturated rings. The molecule has 0 aliphatic rings. The average molecular weight is 291 g/mol. The van der Waals surface area contributed by atoms with Gasteiger partial charge in [-0.2, -0.15) is 0 Å². The van der Waals surface area contributed by atoms with E-state index in [2.05, 4.69) is 17.4 Å². The zero-order valence-corrected chi connectivity index (χ0v) is 11.8. The zero-order chi connectivity index (χ0) is 13.5. The van der Waals surface area contributed by atoms with Gasteiger partial charge in [-0.25, -0.2) is 4.79 Å².